The average Bonchev–Trinajstić information content (AvgIpc) is 2.26. The second-order valence-corrected chi connectivity index (χ2v) is 4.78. The summed E-state index contributed by atoms with van der Waals surface area (Å²) in [5, 5.41) is 0. The number of benzene rings is 1. The Kier molecular flexibility index (Phi) is 4.38. The van der Waals surface area contributed by atoms with Crippen molar-refractivity contribution in [3.63, 3.8) is 0 Å². The molecule has 0 aliphatic heterocycles. The van der Waals surface area contributed by atoms with Gasteiger partial charge in [0.1, 0.15) is 0 Å². The number of rotatable bonds is 5. The minimum Gasteiger partial charge on any atom is -0.0654 e. The normalized spacial score (nSPS) is 15.3. The molecule has 0 aromatic heterocycles. The molecular formula is C15H24. The molecule has 0 fully saturated rings. The molecule has 1 atom stereocenters. The Labute approximate surface area is 94.7 Å². The van der Waals surface area contributed by atoms with Crippen LogP contribution in [0.5, 0.6) is 0 Å². The Morgan fingerprint density at radius 3 is 2.07 bits per heavy atom. The zero-order chi connectivity index (χ0) is 11.3. The van der Waals surface area contributed by atoms with Crippen molar-refractivity contribution in [3.05, 3.63) is 35.9 Å². The van der Waals surface area contributed by atoms with Crippen molar-refractivity contribution < 1.29 is 0 Å². The van der Waals surface area contributed by atoms with Crippen molar-refractivity contribution in [2.75, 3.05) is 0 Å². The van der Waals surface area contributed by atoms with Crippen molar-refractivity contribution in [1.82, 2.24) is 0 Å². The number of hydrogen-bond acceptors (Lipinski definition) is 0. The van der Waals surface area contributed by atoms with Gasteiger partial charge in [-0.15, -0.1) is 0 Å². The summed E-state index contributed by atoms with van der Waals surface area (Å²) in [5.41, 5.74) is 1.90. The number of hydrogen-bond donors (Lipinski definition) is 0. The largest absolute Gasteiger partial charge is 0.0654 e. The molecule has 0 heteroatoms. The van der Waals surface area contributed by atoms with E-state index in [1.54, 1.807) is 0 Å². The van der Waals surface area contributed by atoms with Crippen LogP contribution in [-0.2, 0) is 5.41 Å². The zero-order valence-corrected chi connectivity index (χ0v) is 10.6. The van der Waals surface area contributed by atoms with Crippen molar-refractivity contribution >= 4 is 0 Å². The molecular weight excluding hydrogens is 180 g/mol. The fourth-order valence-electron chi connectivity index (χ4n) is 2.77. The summed E-state index contributed by atoms with van der Waals surface area (Å²) in [5.74, 6) is 0.713. The summed E-state index contributed by atoms with van der Waals surface area (Å²) in [6, 6.07) is 11.0. The van der Waals surface area contributed by atoms with Gasteiger partial charge in [0.2, 0.25) is 0 Å². The first-order valence-electron chi connectivity index (χ1n) is 6.23. The predicted octanol–water partition coefficient (Wildman–Crippen LogP) is 4.79. The van der Waals surface area contributed by atoms with E-state index in [-0.39, 0.29) is 0 Å². The van der Waals surface area contributed by atoms with Crippen LogP contribution in [0.4, 0.5) is 0 Å². The van der Waals surface area contributed by atoms with E-state index in [1.165, 1.54) is 24.8 Å². The Balaban J connectivity index is 3.09. The summed E-state index contributed by atoms with van der Waals surface area (Å²) in [6.07, 6.45) is 3.80. The van der Waals surface area contributed by atoms with Crippen LogP contribution < -0.4 is 0 Å². The molecule has 0 aliphatic rings. The van der Waals surface area contributed by atoms with Crippen LogP contribution in [0.1, 0.15) is 52.5 Å². The van der Waals surface area contributed by atoms with Gasteiger partial charge in [0.25, 0.3) is 0 Å². The second-order valence-electron chi connectivity index (χ2n) is 4.78. The molecule has 15 heavy (non-hydrogen) atoms. The third-order valence-corrected chi connectivity index (χ3v) is 3.78. The molecule has 1 aromatic rings. The van der Waals surface area contributed by atoms with E-state index < -0.39 is 0 Å². The molecule has 84 valence electrons. The van der Waals surface area contributed by atoms with Crippen LogP contribution in [0.25, 0.3) is 0 Å². The highest BCUT2D eigenvalue weighted by Crippen LogP contribution is 2.39. The first-order chi connectivity index (χ1) is 7.17. The van der Waals surface area contributed by atoms with Crippen LogP contribution in [0.3, 0.4) is 0 Å². The van der Waals surface area contributed by atoms with E-state index in [9.17, 15) is 0 Å². The first kappa shape index (κ1) is 12.3. The lowest BCUT2D eigenvalue weighted by Crippen LogP contribution is -2.31. The first-order valence-corrected chi connectivity index (χ1v) is 6.23. The topological polar surface area (TPSA) is 0 Å². The summed E-state index contributed by atoms with van der Waals surface area (Å²) in [4.78, 5) is 0. The molecule has 0 saturated carbocycles. The molecule has 1 rings (SSSR count). The van der Waals surface area contributed by atoms with Gasteiger partial charge in [-0.3, -0.25) is 0 Å². The maximum atomic E-state index is 2.35. The maximum Gasteiger partial charge on any atom is -0.00267 e. The second kappa shape index (κ2) is 5.34. The molecule has 1 unspecified atom stereocenters. The lowest BCUT2D eigenvalue weighted by molar-refractivity contribution is 0.270. The van der Waals surface area contributed by atoms with Crippen molar-refractivity contribution in [2.24, 2.45) is 5.92 Å². The van der Waals surface area contributed by atoms with E-state index in [0.717, 1.165) is 0 Å². The average molecular weight is 204 g/mol. The van der Waals surface area contributed by atoms with E-state index >= 15 is 0 Å². The molecule has 0 nitrogen and oxygen atoms in total. The molecule has 0 amide bonds. The summed E-state index contributed by atoms with van der Waals surface area (Å²) in [7, 11) is 0. The summed E-state index contributed by atoms with van der Waals surface area (Å²) < 4.78 is 0. The van der Waals surface area contributed by atoms with Crippen LogP contribution in [-0.4, -0.2) is 0 Å². The van der Waals surface area contributed by atoms with Crippen molar-refractivity contribution in [1.29, 1.82) is 0 Å². The minimum atomic E-state index is 0.385. The lowest BCUT2D eigenvalue weighted by atomic mass is 9.67. The minimum absolute atomic E-state index is 0.385. The fraction of sp³-hybridized carbons (Fsp3) is 0.600. The summed E-state index contributed by atoms with van der Waals surface area (Å²) >= 11 is 0. The molecule has 0 spiro atoms. The van der Waals surface area contributed by atoms with Gasteiger partial charge in [-0.2, -0.15) is 0 Å². The van der Waals surface area contributed by atoms with Gasteiger partial charge in [-0.05, 0) is 29.7 Å². The van der Waals surface area contributed by atoms with Gasteiger partial charge in [-0.25, -0.2) is 0 Å². The highest BCUT2D eigenvalue weighted by Gasteiger charge is 2.32. The van der Waals surface area contributed by atoms with E-state index in [0.29, 0.717) is 11.3 Å². The van der Waals surface area contributed by atoms with E-state index in [2.05, 4.69) is 58.0 Å². The Hall–Kier alpha value is -0.780. The van der Waals surface area contributed by atoms with Gasteiger partial charge >= 0.3 is 0 Å². The molecule has 0 heterocycles. The van der Waals surface area contributed by atoms with Crippen LogP contribution in [0, 0.1) is 5.92 Å². The predicted molar refractivity (Wildman–Crippen MR) is 68.2 cm³/mol. The molecule has 0 radical (unpaired) electrons. The monoisotopic (exact) mass is 204 g/mol. The Bertz CT molecular complexity index is 273. The molecule has 0 N–H and O–H groups in total. The van der Waals surface area contributed by atoms with Gasteiger partial charge in [-0.1, -0.05) is 64.4 Å². The molecule has 0 bridgehead atoms. The van der Waals surface area contributed by atoms with Crippen molar-refractivity contribution in [2.45, 2.75) is 52.4 Å². The molecule has 0 saturated heterocycles. The van der Waals surface area contributed by atoms with Gasteiger partial charge in [0, 0.05) is 0 Å². The van der Waals surface area contributed by atoms with Crippen LogP contribution >= 0.6 is 0 Å². The van der Waals surface area contributed by atoms with E-state index in [4.69, 9.17) is 0 Å². The lowest BCUT2D eigenvalue weighted by Gasteiger charge is -2.37. The van der Waals surface area contributed by atoms with E-state index in [1.807, 2.05) is 0 Å². The van der Waals surface area contributed by atoms with Crippen LogP contribution in [0.15, 0.2) is 30.3 Å². The maximum absolute atomic E-state index is 2.35. The third-order valence-electron chi connectivity index (χ3n) is 3.78. The van der Waals surface area contributed by atoms with Crippen LogP contribution in [0.2, 0.25) is 0 Å². The smallest absolute Gasteiger partial charge is 0.00267 e. The highest BCUT2D eigenvalue weighted by molar-refractivity contribution is 5.26. The quantitative estimate of drug-likeness (QED) is 0.647. The standard InChI is InChI=1S/C15H24/c1-5-12-15(6-2,13(3)4)14-10-8-7-9-11-14/h7-11,13H,5-6,12H2,1-4H3. The van der Waals surface area contributed by atoms with Crippen molar-refractivity contribution in [3.8, 4) is 0 Å². The Morgan fingerprint density at radius 2 is 1.67 bits per heavy atom. The van der Waals surface area contributed by atoms with Gasteiger partial charge in [0.05, 0.1) is 0 Å². The molecule has 0 aliphatic carbocycles. The Morgan fingerprint density at radius 1 is 1.07 bits per heavy atom. The van der Waals surface area contributed by atoms with Gasteiger partial charge < -0.3 is 0 Å². The molecule has 1 aromatic carbocycles. The third kappa shape index (κ3) is 2.42. The summed E-state index contributed by atoms with van der Waals surface area (Å²) in [6.45, 7) is 9.32. The SMILES string of the molecule is CCCC(CC)(c1ccccc1)C(C)C. The highest BCUT2D eigenvalue weighted by atomic mass is 14.4. The zero-order valence-electron chi connectivity index (χ0n) is 10.6. The fourth-order valence-corrected chi connectivity index (χ4v) is 2.77. The van der Waals surface area contributed by atoms with Gasteiger partial charge in [0.15, 0.2) is 0 Å².